The minimum absolute atomic E-state index is 0.0288. The lowest BCUT2D eigenvalue weighted by Gasteiger charge is -2.17. The zero-order chi connectivity index (χ0) is 14.1. The topological polar surface area (TPSA) is 83.9 Å². The molecule has 0 amide bonds. The normalized spacial score (nSPS) is 11.8. The highest BCUT2D eigenvalue weighted by Crippen LogP contribution is 2.26. The predicted octanol–water partition coefficient (Wildman–Crippen LogP) is 1.53. The molecule has 0 aliphatic carbocycles. The maximum absolute atomic E-state index is 12.1. The predicted molar refractivity (Wildman–Crippen MR) is 65.1 cm³/mol. The monoisotopic (exact) mass is 293 g/mol. The maximum Gasteiger partial charge on any atom is 0.336 e. The third-order valence-corrected chi connectivity index (χ3v) is 4.45. The van der Waals surface area contributed by atoms with Gasteiger partial charge in [0.25, 0.3) is 10.0 Å². The smallest absolute Gasteiger partial charge is 0.336 e. The number of carbonyl (C=O) groups is 1. The van der Waals surface area contributed by atoms with Gasteiger partial charge in [-0.3, -0.25) is 4.84 Å². The molecular formula is C10H12ClNO5S. The van der Waals surface area contributed by atoms with Crippen LogP contribution < -0.4 is 0 Å². The first-order valence-corrected chi connectivity index (χ1v) is 6.60. The highest BCUT2D eigenvalue weighted by molar-refractivity contribution is 7.89. The number of benzene rings is 1. The fraction of sp³-hybridized carbons (Fsp3) is 0.300. The molecular weight excluding hydrogens is 282 g/mol. The van der Waals surface area contributed by atoms with Crippen molar-refractivity contribution in [3.8, 4) is 0 Å². The number of rotatable bonds is 4. The van der Waals surface area contributed by atoms with E-state index in [0.717, 1.165) is 0 Å². The van der Waals surface area contributed by atoms with E-state index in [1.165, 1.54) is 33.2 Å². The third-order valence-electron chi connectivity index (χ3n) is 2.43. The molecule has 0 radical (unpaired) electrons. The summed E-state index contributed by atoms with van der Waals surface area (Å²) in [6, 6.07) is 2.39. The van der Waals surface area contributed by atoms with Crippen LogP contribution in [0.2, 0.25) is 5.02 Å². The largest absolute Gasteiger partial charge is 0.478 e. The Morgan fingerprint density at radius 1 is 1.44 bits per heavy atom. The lowest BCUT2D eigenvalue weighted by molar-refractivity contribution is -0.0259. The maximum atomic E-state index is 12.1. The van der Waals surface area contributed by atoms with E-state index in [0.29, 0.717) is 4.47 Å². The molecule has 100 valence electrons. The highest BCUT2D eigenvalue weighted by Gasteiger charge is 2.26. The molecule has 0 saturated heterocycles. The molecule has 0 saturated carbocycles. The van der Waals surface area contributed by atoms with Crippen LogP contribution in [0.5, 0.6) is 0 Å². The van der Waals surface area contributed by atoms with Gasteiger partial charge in [0.2, 0.25) is 0 Å². The number of nitrogens with zero attached hydrogens (tertiary/aromatic N) is 1. The number of sulfonamides is 1. The SMILES string of the molecule is CON(C)S(=O)(=O)c1cc(Cl)cc(C(=O)O)c1C. The fourth-order valence-electron chi connectivity index (χ4n) is 1.38. The van der Waals surface area contributed by atoms with Crippen molar-refractivity contribution >= 4 is 27.6 Å². The fourth-order valence-corrected chi connectivity index (χ4v) is 2.91. The van der Waals surface area contributed by atoms with Gasteiger partial charge in [0.05, 0.1) is 17.6 Å². The number of hydroxylamine groups is 1. The van der Waals surface area contributed by atoms with E-state index in [2.05, 4.69) is 4.84 Å². The number of carboxylic acids is 1. The summed E-state index contributed by atoms with van der Waals surface area (Å²) in [7, 11) is -1.54. The van der Waals surface area contributed by atoms with Gasteiger partial charge >= 0.3 is 5.97 Å². The summed E-state index contributed by atoms with van der Waals surface area (Å²) in [5.74, 6) is -1.24. The Bertz CT molecular complexity index is 584. The molecule has 0 heterocycles. The van der Waals surface area contributed by atoms with Crippen molar-refractivity contribution in [1.29, 1.82) is 0 Å². The Kier molecular flexibility index (Phi) is 4.33. The van der Waals surface area contributed by atoms with E-state index >= 15 is 0 Å². The average molecular weight is 294 g/mol. The second-order valence-corrected chi connectivity index (χ2v) is 5.82. The first kappa shape index (κ1) is 14.9. The lowest BCUT2D eigenvalue weighted by Crippen LogP contribution is -2.26. The quantitative estimate of drug-likeness (QED) is 0.851. The van der Waals surface area contributed by atoms with Gasteiger partial charge < -0.3 is 5.11 Å². The molecule has 0 spiro atoms. The second kappa shape index (κ2) is 5.23. The summed E-state index contributed by atoms with van der Waals surface area (Å²) in [6.45, 7) is 1.40. The number of aromatic carboxylic acids is 1. The molecule has 1 aromatic carbocycles. The minimum Gasteiger partial charge on any atom is -0.478 e. The third kappa shape index (κ3) is 2.64. The zero-order valence-electron chi connectivity index (χ0n) is 9.97. The van der Waals surface area contributed by atoms with Crippen LogP contribution in [0.1, 0.15) is 15.9 Å². The van der Waals surface area contributed by atoms with Crippen LogP contribution >= 0.6 is 11.6 Å². The van der Waals surface area contributed by atoms with Crippen molar-refractivity contribution in [3.63, 3.8) is 0 Å². The Labute approximate surface area is 110 Å². The molecule has 0 bridgehead atoms. The number of halogens is 1. The van der Waals surface area contributed by atoms with Gasteiger partial charge in [0.1, 0.15) is 0 Å². The summed E-state index contributed by atoms with van der Waals surface area (Å²) in [5.41, 5.74) is -0.0543. The van der Waals surface area contributed by atoms with Crippen LogP contribution in [-0.2, 0) is 14.9 Å². The Morgan fingerprint density at radius 3 is 2.44 bits per heavy atom. The number of hydrogen-bond donors (Lipinski definition) is 1. The van der Waals surface area contributed by atoms with Gasteiger partial charge in [-0.05, 0) is 24.6 Å². The molecule has 0 aliphatic heterocycles. The van der Waals surface area contributed by atoms with Crippen molar-refractivity contribution < 1.29 is 23.2 Å². The van der Waals surface area contributed by atoms with E-state index in [1.54, 1.807) is 0 Å². The molecule has 6 nitrogen and oxygen atoms in total. The van der Waals surface area contributed by atoms with Gasteiger partial charge in [0, 0.05) is 12.1 Å². The molecule has 0 fully saturated rings. The van der Waals surface area contributed by atoms with E-state index in [1.807, 2.05) is 0 Å². The van der Waals surface area contributed by atoms with Crippen molar-refractivity contribution in [2.45, 2.75) is 11.8 Å². The standard InChI is InChI=1S/C10H12ClNO5S/c1-6-8(10(13)14)4-7(11)5-9(6)18(15,16)12(2)17-3/h4-5H,1-3H3,(H,13,14). The van der Waals surface area contributed by atoms with E-state index < -0.39 is 16.0 Å². The first-order valence-electron chi connectivity index (χ1n) is 4.78. The van der Waals surface area contributed by atoms with Crippen LogP contribution in [0, 0.1) is 6.92 Å². The summed E-state index contributed by atoms with van der Waals surface area (Å²) in [6.07, 6.45) is 0. The van der Waals surface area contributed by atoms with Crippen LogP contribution in [0.15, 0.2) is 17.0 Å². The van der Waals surface area contributed by atoms with Gasteiger partial charge in [-0.25, -0.2) is 13.2 Å². The summed E-state index contributed by atoms with van der Waals surface area (Å²) in [5, 5.41) is 9.01. The zero-order valence-corrected chi connectivity index (χ0v) is 11.5. The molecule has 1 rings (SSSR count). The van der Waals surface area contributed by atoms with Gasteiger partial charge in [-0.2, -0.15) is 0 Å². The summed E-state index contributed by atoms with van der Waals surface area (Å²) in [4.78, 5) is 15.4. The van der Waals surface area contributed by atoms with Gasteiger partial charge in [0.15, 0.2) is 0 Å². The van der Waals surface area contributed by atoms with Crippen molar-refractivity contribution in [2.75, 3.05) is 14.2 Å². The molecule has 0 aliphatic rings. The molecule has 8 heteroatoms. The molecule has 0 atom stereocenters. The Hall–Kier alpha value is -1.15. The van der Waals surface area contributed by atoms with E-state index in [-0.39, 0.29) is 21.0 Å². The van der Waals surface area contributed by atoms with Gasteiger partial charge in [-0.1, -0.05) is 16.1 Å². The van der Waals surface area contributed by atoms with Crippen LogP contribution in [0.4, 0.5) is 0 Å². The van der Waals surface area contributed by atoms with E-state index in [9.17, 15) is 13.2 Å². The minimum atomic E-state index is -3.93. The molecule has 1 aromatic rings. The van der Waals surface area contributed by atoms with Crippen molar-refractivity contribution in [2.24, 2.45) is 0 Å². The summed E-state index contributed by atoms with van der Waals surface area (Å²) >= 11 is 5.73. The Balaban J connectivity index is 3.57. The lowest BCUT2D eigenvalue weighted by atomic mass is 10.1. The van der Waals surface area contributed by atoms with Crippen molar-refractivity contribution in [3.05, 3.63) is 28.3 Å². The molecule has 0 aromatic heterocycles. The van der Waals surface area contributed by atoms with Crippen LogP contribution in [0.25, 0.3) is 0 Å². The van der Waals surface area contributed by atoms with Crippen molar-refractivity contribution in [1.82, 2.24) is 4.47 Å². The first-order chi connectivity index (χ1) is 8.21. The Morgan fingerprint density at radius 2 is 2.00 bits per heavy atom. The van der Waals surface area contributed by atoms with E-state index in [4.69, 9.17) is 16.7 Å². The average Bonchev–Trinajstić information content (AvgIpc) is 2.29. The van der Waals surface area contributed by atoms with Gasteiger partial charge in [-0.15, -0.1) is 0 Å². The molecule has 18 heavy (non-hydrogen) atoms. The molecule has 0 unspecified atom stereocenters. The van der Waals surface area contributed by atoms with Crippen LogP contribution in [-0.4, -0.2) is 38.1 Å². The highest BCUT2D eigenvalue weighted by atomic mass is 35.5. The summed E-state index contributed by atoms with van der Waals surface area (Å²) < 4.78 is 24.8. The second-order valence-electron chi connectivity index (χ2n) is 3.48. The van der Waals surface area contributed by atoms with Crippen LogP contribution in [0.3, 0.4) is 0 Å². The number of carboxylic acid groups (broad SMARTS) is 1. The number of hydrogen-bond acceptors (Lipinski definition) is 4. The molecule has 1 N–H and O–H groups in total.